The number of nitrogens with one attached hydrogen (secondary N) is 1. The molecule has 0 fully saturated rings. The summed E-state index contributed by atoms with van der Waals surface area (Å²) in [6.45, 7) is -0.210. The molecule has 7 heteroatoms. The average Bonchev–Trinajstić information content (AvgIpc) is 2.46. The zero-order valence-corrected chi connectivity index (χ0v) is 13.6. The maximum absolute atomic E-state index is 11.6. The quantitative estimate of drug-likeness (QED) is 0.614. The van der Waals surface area contributed by atoms with Gasteiger partial charge in [0, 0.05) is 4.47 Å². The van der Waals surface area contributed by atoms with Gasteiger partial charge in [-0.3, -0.25) is 4.79 Å². The van der Waals surface area contributed by atoms with Gasteiger partial charge in [-0.05, 0) is 35.9 Å². The van der Waals surface area contributed by atoms with Crippen LogP contribution in [0.15, 0.2) is 52.0 Å². The van der Waals surface area contributed by atoms with E-state index in [1.54, 1.807) is 36.4 Å². The molecule has 0 saturated heterocycles. The number of phenolic OH excluding ortho intramolecular Hbond substituents is 1. The predicted octanol–water partition coefficient (Wildman–Crippen LogP) is 3.34. The van der Waals surface area contributed by atoms with Crippen molar-refractivity contribution in [3.05, 3.63) is 57.5 Å². The van der Waals surface area contributed by atoms with Crippen molar-refractivity contribution in [2.75, 3.05) is 6.61 Å². The molecule has 2 rings (SSSR count). The lowest BCUT2D eigenvalue weighted by atomic mass is 10.2. The number of ether oxygens (including phenoxy) is 1. The maximum atomic E-state index is 11.6. The molecule has 2 N–H and O–H groups in total. The molecule has 0 heterocycles. The van der Waals surface area contributed by atoms with Crippen LogP contribution in [-0.2, 0) is 4.79 Å². The number of carbonyl (C=O) groups is 1. The highest BCUT2D eigenvalue weighted by Gasteiger charge is 2.05. The van der Waals surface area contributed by atoms with Crippen molar-refractivity contribution in [1.29, 1.82) is 0 Å². The lowest BCUT2D eigenvalue weighted by molar-refractivity contribution is -0.123. The molecule has 0 unspecified atom stereocenters. The van der Waals surface area contributed by atoms with E-state index in [0.717, 1.165) is 4.47 Å². The van der Waals surface area contributed by atoms with E-state index >= 15 is 0 Å². The first kappa shape index (κ1) is 16.3. The van der Waals surface area contributed by atoms with Crippen LogP contribution in [0.3, 0.4) is 0 Å². The minimum atomic E-state index is -0.421. The van der Waals surface area contributed by atoms with E-state index < -0.39 is 5.91 Å². The Bertz CT molecular complexity index is 707. The molecule has 0 aliphatic carbocycles. The molecule has 0 radical (unpaired) electrons. The number of hydrogen-bond donors (Lipinski definition) is 2. The number of aromatic hydroxyl groups is 1. The first-order valence-corrected chi connectivity index (χ1v) is 7.40. The second kappa shape index (κ2) is 7.82. The second-order valence-corrected chi connectivity index (χ2v) is 5.57. The molecule has 0 spiro atoms. The van der Waals surface area contributed by atoms with Gasteiger partial charge >= 0.3 is 0 Å². The summed E-state index contributed by atoms with van der Waals surface area (Å²) in [5.74, 6) is 0.121. The fourth-order valence-electron chi connectivity index (χ4n) is 1.55. The summed E-state index contributed by atoms with van der Waals surface area (Å²) in [4.78, 5) is 11.6. The molecule has 0 bridgehead atoms. The Morgan fingerprint density at radius 2 is 2.18 bits per heavy atom. The van der Waals surface area contributed by atoms with Crippen LogP contribution in [0.4, 0.5) is 0 Å². The molecule has 2 aromatic rings. The average molecular weight is 384 g/mol. The third kappa shape index (κ3) is 5.05. The molecule has 0 aliphatic rings. The number of amides is 1. The summed E-state index contributed by atoms with van der Waals surface area (Å²) >= 11 is 9.25. The molecular weight excluding hydrogens is 372 g/mol. The molecular formula is C15H12BrClN2O3. The van der Waals surface area contributed by atoms with Crippen LogP contribution < -0.4 is 10.2 Å². The minimum Gasteiger partial charge on any atom is -0.508 e. The van der Waals surface area contributed by atoms with E-state index in [1.807, 2.05) is 0 Å². The zero-order chi connectivity index (χ0) is 15.9. The summed E-state index contributed by atoms with van der Waals surface area (Å²) in [6, 6.07) is 11.6. The SMILES string of the molecule is O=C(COc1ccc(Br)cc1Cl)NN=Cc1cccc(O)c1. The third-order valence-corrected chi connectivity index (χ3v) is 3.31. The standard InChI is InChI=1S/C15H12BrClN2O3/c16-11-4-5-14(13(17)7-11)22-9-15(21)19-18-8-10-2-1-3-12(20)6-10/h1-8,20H,9H2,(H,19,21). The molecule has 0 aliphatic heterocycles. The molecule has 0 atom stereocenters. The minimum absolute atomic E-state index is 0.128. The number of rotatable bonds is 5. The third-order valence-electron chi connectivity index (χ3n) is 2.53. The van der Waals surface area contributed by atoms with Crippen LogP contribution in [0.25, 0.3) is 0 Å². The van der Waals surface area contributed by atoms with Gasteiger partial charge in [-0.2, -0.15) is 5.10 Å². The lowest BCUT2D eigenvalue weighted by Gasteiger charge is -2.07. The number of nitrogens with zero attached hydrogens (tertiary/aromatic N) is 1. The van der Waals surface area contributed by atoms with Gasteiger partial charge in [-0.15, -0.1) is 0 Å². The van der Waals surface area contributed by atoms with E-state index in [9.17, 15) is 9.90 Å². The van der Waals surface area contributed by atoms with Crippen molar-refractivity contribution in [2.45, 2.75) is 0 Å². The summed E-state index contributed by atoms with van der Waals surface area (Å²) in [6.07, 6.45) is 1.42. The van der Waals surface area contributed by atoms with Crippen molar-refractivity contribution in [3.63, 3.8) is 0 Å². The van der Waals surface area contributed by atoms with E-state index in [0.29, 0.717) is 16.3 Å². The van der Waals surface area contributed by atoms with Crippen LogP contribution >= 0.6 is 27.5 Å². The summed E-state index contributed by atoms with van der Waals surface area (Å²) in [5.41, 5.74) is 2.99. The molecule has 114 valence electrons. The van der Waals surface area contributed by atoms with E-state index in [4.69, 9.17) is 16.3 Å². The van der Waals surface area contributed by atoms with Gasteiger partial charge in [-0.25, -0.2) is 5.43 Å². The van der Waals surface area contributed by atoms with Gasteiger partial charge in [0.15, 0.2) is 6.61 Å². The van der Waals surface area contributed by atoms with Gasteiger partial charge < -0.3 is 9.84 Å². The molecule has 1 amide bonds. The Hall–Kier alpha value is -2.05. The van der Waals surface area contributed by atoms with Gasteiger partial charge in [0.05, 0.1) is 11.2 Å². The summed E-state index contributed by atoms with van der Waals surface area (Å²) < 4.78 is 6.12. The van der Waals surface area contributed by atoms with Gasteiger partial charge in [0.1, 0.15) is 11.5 Å². The topological polar surface area (TPSA) is 70.9 Å². The maximum Gasteiger partial charge on any atom is 0.277 e. The van der Waals surface area contributed by atoms with Crippen molar-refractivity contribution in [1.82, 2.24) is 5.43 Å². The highest BCUT2D eigenvalue weighted by molar-refractivity contribution is 9.10. The molecule has 0 saturated carbocycles. The Labute approximate surface area is 140 Å². The molecule has 22 heavy (non-hydrogen) atoms. The van der Waals surface area contributed by atoms with Crippen LogP contribution in [0.2, 0.25) is 5.02 Å². The van der Waals surface area contributed by atoms with E-state index in [-0.39, 0.29) is 12.4 Å². The summed E-state index contributed by atoms with van der Waals surface area (Å²) in [7, 11) is 0. The van der Waals surface area contributed by atoms with Crippen molar-refractivity contribution < 1.29 is 14.6 Å². The Morgan fingerprint density at radius 1 is 1.36 bits per heavy atom. The fourth-order valence-corrected chi connectivity index (χ4v) is 2.28. The van der Waals surface area contributed by atoms with Crippen LogP contribution in [0.5, 0.6) is 11.5 Å². The first-order valence-electron chi connectivity index (χ1n) is 6.23. The number of phenols is 1. The zero-order valence-electron chi connectivity index (χ0n) is 11.3. The number of carbonyl (C=O) groups excluding carboxylic acids is 1. The van der Waals surface area contributed by atoms with Crippen LogP contribution in [0, 0.1) is 0 Å². The Kier molecular flexibility index (Phi) is 5.80. The van der Waals surface area contributed by atoms with Crippen molar-refractivity contribution in [3.8, 4) is 11.5 Å². The first-order chi connectivity index (χ1) is 10.5. The molecule has 2 aromatic carbocycles. The van der Waals surface area contributed by atoms with Crippen molar-refractivity contribution in [2.24, 2.45) is 5.10 Å². The van der Waals surface area contributed by atoms with Crippen LogP contribution in [0.1, 0.15) is 5.56 Å². The monoisotopic (exact) mass is 382 g/mol. The van der Waals surface area contributed by atoms with E-state index in [2.05, 4.69) is 26.5 Å². The van der Waals surface area contributed by atoms with Gasteiger partial charge in [-0.1, -0.05) is 39.7 Å². The van der Waals surface area contributed by atoms with Crippen LogP contribution in [-0.4, -0.2) is 23.8 Å². The number of benzene rings is 2. The van der Waals surface area contributed by atoms with Crippen molar-refractivity contribution >= 4 is 39.7 Å². The Morgan fingerprint density at radius 3 is 2.91 bits per heavy atom. The number of hydrazone groups is 1. The largest absolute Gasteiger partial charge is 0.508 e. The van der Waals surface area contributed by atoms with Gasteiger partial charge in [0.2, 0.25) is 0 Å². The van der Waals surface area contributed by atoms with E-state index in [1.165, 1.54) is 12.3 Å². The Balaban J connectivity index is 1.83. The smallest absolute Gasteiger partial charge is 0.277 e. The molecule has 5 nitrogen and oxygen atoms in total. The van der Waals surface area contributed by atoms with Gasteiger partial charge in [0.25, 0.3) is 5.91 Å². The lowest BCUT2D eigenvalue weighted by Crippen LogP contribution is -2.24. The number of hydrogen-bond acceptors (Lipinski definition) is 4. The number of halogens is 2. The summed E-state index contributed by atoms with van der Waals surface area (Å²) in [5, 5.41) is 13.5. The molecule has 0 aromatic heterocycles. The second-order valence-electron chi connectivity index (χ2n) is 4.25. The fraction of sp³-hybridized carbons (Fsp3) is 0.0667. The highest BCUT2D eigenvalue weighted by Crippen LogP contribution is 2.27. The normalized spacial score (nSPS) is 10.6. The highest BCUT2D eigenvalue weighted by atomic mass is 79.9. The predicted molar refractivity (Wildman–Crippen MR) is 88.5 cm³/mol.